The maximum absolute atomic E-state index is 12.2. The van der Waals surface area contributed by atoms with Crippen molar-refractivity contribution >= 4 is 23.7 Å². The summed E-state index contributed by atoms with van der Waals surface area (Å²) in [4.78, 5) is 48.0. The van der Waals surface area contributed by atoms with E-state index in [9.17, 15) is 24.3 Å². The van der Waals surface area contributed by atoms with Crippen LogP contribution in [0.4, 0.5) is 0 Å². The van der Waals surface area contributed by atoms with Crippen LogP contribution in [-0.4, -0.2) is 46.4 Å². The maximum atomic E-state index is 12.2. The number of imide groups is 1. The van der Waals surface area contributed by atoms with Crippen LogP contribution in [0.3, 0.4) is 0 Å². The number of carboxylic acids is 1. The predicted molar refractivity (Wildman–Crippen MR) is 99.5 cm³/mol. The molecule has 3 amide bonds. The van der Waals surface area contributed by atoms with Crippen molar-refractivity contribution in [3.8, 4) is 0 Å². The molecule has 0 radical (unpaired) electrons. The fraction of sp³-hybridized carbons (Fsp3) is 0.200. The SMILES string of the molecule is O=C(NC(CCCNN1C(=O)c2ccccc2C1=O)C(=O)O)c1ccccc1. The molecule has 2 aromatic rings. The highest BCUT2D eigenvalue weighted by Crippen LogP contribution is 2.20. The Kier molecular flexibility index (Phi) is 5.81. The number of aliphatic carboxylic acids is 1. The molecule has 1 unspecified atom stereocenters. The second-order valence-corrected chi connectivity index (χ2v) is 6.27. The minimum absolute atomic E-state index is 0.143. The summed E-state index contributed by atoms with van der Waals surface area (Å²) in [6.45, 7) is 0.205. The molecule has 0 saturated heterocycles. The number of amides is 3. The van der Waals surface area contributed by atoms with E-state index in [0.717, 1.165) is 5.01 Å². The van der Waals surface area contributed by atoms with Gasteiger partial charge >= 0.3 is 5.97 Å². The number of hydrogen-bond donors (Lipinski definition) is 3. The average molecular weight is 381 g/mol. The van der Waals surface area contributed by atoms with Crippen LogP contribution in [0, 0.1) is 0 Å². The van der Waals surface area contributed by atoms with Gasteiger partial charge in [-0.1, -0.05) is 30.3 Å². The highest BCUT2D eigenvalue weighted by atomic mass is 16.4. The van der Waals surface area contributed by atoms with Gasteiger partial charge in [0.05, 0.1) is 11.1 Å². The molecule has 2 aromatic carbocycles. The number of rotatable bonds is 8. The van der Waals surface area contributed by atoms with Crippen molar-refractivity contribution < 1.29 is 24.3 Å². The molecule has 8 heteroatoms. The summed E-state index contributed by atoms with van der Waals surface area (Å²) < 4.78 is 0. The van der Waals surface area contributed by atoms with Crippen molar-refractivity contribution in [2.24, 2.45) is 0 Å². The molecule has 0 aromatic heterocycles. The van der Waals surface area contributed by atoms with E-state index in [1.165, 1.54) is 0 Å². The number of carbonyl (C=O) groups is 4. The van der Waals surface area contributed by atoms with Gasteiger partial charge in [0, 0.05) is 12.1 Å². The fourth-order valence-corrected chi connectivity index (χ4v) is 2.92. The summed E-state index contributed by atoms with van der Waals surface area (Å²) in [5.41, 5.74) is 3.77. The number of nitrogens with one attached hydrogen (secondary N) is 2. The summed E-state index contributed by atoms with van der Waals surface area (Å²) in [6.07, 6.45) is 0.476. The number of benzene rings is 2. The molecule has 0 fully saturated rings. The van der Waals surface area contributed by atoms with Crippen LogP contribution >= 0.6 is 0 Å². The first-order valence-corrected chi connectivity index (χ1v) is 8.79. The van der Waals surface area contributed by atoms with Crippen molar-refractivity contribution in [1.29, 1.82) is 0 Å². The lowest BCUT2D eigenvalue weighted by atomic mass is 10.1. The van der Waals surface area contributed by atoms with E-state index in [4.69, 9.17) is 0 Å². The van der Waals surface area contributed by atoms with Crippen molar-refractivity contribution in [3.05, 3.63) is 71.3 Å². The normalized spacial score (nSPS) is 13.9. The van der Waals surface area contributed by atoms with E-state index in [0.29, 0.717) is 23.1 Å². The maximum Gasteiger partial charge on any atom is 0.326 e. The second kappa shape index (κ2) is 8.45. The van der Waals surface area contributed by atoms with E-state index in [-0.39, 0.29) is 13.0 Å². The first-order chi connectivity index (χ1) is 13.5. The lowest BCUT2D eigenvalue weighted by molar-refractivity contribution is -0.139. The van der Waals surface area contributed by atoms with Crippen molar-refractivity contribution in [2.45, 2.75) is 18.9 Å². The Hall–Kier alpha value is -3.52. The van der Waals surface area contributed by atoms with Crippen LogP contribution in [-0.2, 0) is 4.79 Å². The summed E-state index contributed by atoms with van der Waals surface area (Å²) in [5, 5.41) is 12.7. The molecule has 0 saturated carbocycles. The molecule has 1 aliphatic rings. The Bertz CT molecular complexity index is 878. The number of carbonyl (C=O) groups excluding carboxylic acids is 3. The molecule has 28 heavy (non-hydrogen) atoms. The highest BCUT2D eigenvalue weighted by molar-refractivity contribution is 6.20. The summed E-state index contributed by atoms with van der Waals surface area (Å²) in [5.74, 6) is -2.49. The molecule has 1 atom stereocenters. The van der Waals surface area contributed by atoms with Crippen molar-refractivity contribution in [1.82, 2.24) is 15.8 Å². The predicted octanol–water partition coefficient (Wildman–Crippen LogP) is 1.45. The average Bonchev–Trinajstić information content (AvgIpc) is 2.95. The zero-order chi connectivity index (χ0) is 20.1. The summed E-state index contributed by atoms with van der Waals surface area (Å²) in [6, 6.07) is 13.8. The van der Waals surface area contributed by atoms with Gasteiger partial charge in [0.15, 0.2) is 0 Å². The quantitative estimate of drug-likeness (QED) is 0.471. The molecular formula is C20H19N3O5. The van der Waals surface area contributed by atoms with Crippen LogP contribution < -0.4 is 10.7 Å². The summed E-state index contributed by atoms with van der Waals surface area (Å²) >= 11 is 0. The van der Waals surface area contributed by atoms with Gasteiger partial charge in [-0.3, -0.25) is 14.4 Å². The van der Waals surface area contributed by atoms with Gasteiger partial charge in [-0.05, 0) is 37.1 Å². The molecule has 0 bridgehead atoms. The lowest BCUT2D eigenvalue weighted by Crippen LogP contribution is -2.44. The van der Waals surface area contributed by atoms with Gasteiger partial charge < -0.3 is 10.4 Å². The van der Waals surface area contributed by atoms with Gasteiger partial charge in [0.1, 0.15) is 6.04 Å². The number of nitrogens with zero attached hydrogens (tertiary/aromatic N) is 1. The molecular weight excluding hydrogens is 362 g/mol. The van der Waals surface area contributed by atoms with E-state index >= 15 is 0 Å². The Morgan fingerprint density at radius 1 is 0.929 bits per heavy atom. The largest absolute Gasteiger partial charge is 0.480 e. The molecule has 0 spiro atoms. The zero-order valence-corrected chi connectivity index (χ0v) is 14.9. The van der Waals surface area contributed by atoms with Crippen LogP contribution in [0.2, 0.25) is 0 Å². The summed E-state index contributed by atoms with van der Waals surface area (Å²) in [7, 11) is 0. The first kappa shape index (κ1) is 19.2. The van der Waals surface area contributed by atoms with E-state index in [1.807, 2.05) is 0 Å². The Morgan fingerprint density at radius 3 is 2.07 bits per heavy atom. The Morgan fingerprint density at radius 2 is 1.50 bits per heavy atom. The van der Waals surface area contributed by atoms with E-state index < -0.39 is 29.7 Å². The first-order valence-electron chi connectivity index (χ1n) is 8.79. The minimum atomic E-state index is -1.15. The minimum Gasteiger partial charge on any atom is -0.480 e. The molecule has 8 nitrogen and oxygen atoms in total. The molecule has 144 valence electrons. The Labute approximate surface area is 161 Å². The van der Waals surface area contributed by atoms with E-state index in [2.05, 4.69) is 10.7 Å². The van der Waals surface area contributed by atoms with Crippen LogP contribution in [0.15, 0.2) is 54.6 Å². The van der Waals surface area contributed by atoms with Crippen molar-refractivity contribution in [3.63, 3.8) is 0 Å². The highest BCUT2D eigenvalue weighted by Gasteiger charge is 2.35. The van der Waals surface area contributed by atoms with Gasteiger partial charge in [0.25, 0.3) is 17.7 Å². The van der Waals surface area contributed by atoms with Crippen molar-refractivity contribution in [2.75, 3.05) is 6.54 Å². The molecule has 1 aliphatic heterocycles. The fourth-order valence-electron chi connectivity index (χ4n) is 2.92. The smallest absolute Gasteiger partial charge is 0.326 e. The van der Waals surface area contributed by atoms with Crippen LogP contribution in [0.5, 0.6) is 0 Å². The van der Waals surface area contributed by atoms with Gasteiger partial charge in [-0.15, -0.1) is 0 Å². The molecule has 3 rings (SSSR count). The number of hydrogen-bond acceptors (Lipinski definition) is 5. The Balaban J connectivity index is 1.51. The topological polar surface area (TPSA) is 116 Å². The van der Waals surface area contributed by atoms with Gasteiger partial charge in [0.2, 0.25) is 0 Å². The monoisotopic (exact) mass is 381 g/mol. The van der Waals surface area contributed by atoms with Gasteiger partial charge in [-0.25, -0.2) is 15.2 Å². The van der Waals surface area contributed by atoms with Gasteiger partial charge in [-0.2, -0.15) is 0 Å². The van der Waals surface area contributed by atoms with E-state index in [1.54, 1.807) is 54.6 Å². The molecule has 1 heterocycles. The lowest BCUT2D eigenvalue weighted by Gasteiger charge is -2.17. The second-order valence-electron chi connectivity index (χ2n) is 6.27. The molecule has 3 N–H and O–H groups in total. The van der Waals surface area contributed by atoms with Crippen LogP contribution in [0.25, 0.3) is 0 Å². The third-order valence-corrected chi connectivity index (χ3v) is 4.37. The third kappa shape index (κ3) is 4.07. The number of carboxylic acid groups (broad SMARTS) is 1. The standard InChI is InChI=1S/C20H19N3O5/c24-17(13-7-2-1-3-8-13)22-16(20(27)28)11-6-12-21-23-18(25)14-9-4-5-10-15(14)19(23)26/h1-5,7-10,16,21H,6,11-12H2,(H,22,24)(H,27,28). The third-order valence-electron chi connectivity index (χ3n) is 4.37. The molecule has 0 aliphatic carbocycles. The van der Waals surface area contributed by atoms with Crippen LogP contribution in [0.1, 0.15) is 43.9 Å². The number of hydrazine groups is 1. The zero-order valence-electron chi connectivity index (χ0n) is 14.9. The number of fused-ring (bicyclic) bond motifs is 1.